The van der Waals surface area contributed by atoms with Crippen LogP contribution in [-0.4, -0.2) is 70.3 Å². The van der Waals surface area contributed by atoms with Crippen molar-refractivity contribution in [2.24, 2.45) is 0 Å². The molecular formula is C16H16Cl3N3O4. The molecule has 0 spiro atoms. The van der Waals surface area contributed by atoms with Crippen LogP contribution in [-0.2, 0) is 9.53 Å². The van der Waals surface area contributed by atoms with Gasteiger partial charge in [0.2, 0.25) is 9.70 Å². The van der Waals surface area contributed by atoms with Crippen molar-refractivity contribution >= 4 is 52.5 Å². The lowest BCUT2D eigenvalue weighted by Gasteiger charge is -2.38. The van der Waals surface area contributed by atoms with Crippen LogP contribution >= 0.6 is 34.8 Å². The Morgan fingerprint density at radius 3 is 2.15 bits per heavy atom. The first-order valence-electron chi connectivity index (χ1n) is 7.92. The third-order valence-corrected chi connectivity index (χ3v) is 4.82. The number of carbonyl (C=O) groups is 3. The molecule has 10 heteroatoms. The molecule has 2 aliphatic heterocycles. The minimum absolute atomic E-state index is 0.274. The number of morpholine rings is 1. The maximum absolute atomic E-state index is 12.4. The maximum atomic E-state index is 12.4. The first kappa shape index (κ1) is 19.4. The number of halogens is 3. The molecule has 0 bridgehead atoms. The molecule has 1 aromatic carbocycles. The van der Waals surface area contributed by atoms with E-state index in [0.717, 1.165) is 4.90 Å². The number of carbonyl (C=O) groups excluding carboxylic acids is 3. The summed E-state index contributed by atoms with van der Waals surface area (Å²) in [6.45, 7) is 1.41. The minimum Gasteiger partial charge on any atom is -0.379 e. The van der Waals surface area contributed by atoms with E-state index in [-0.39, 0.29) is 11.1 Å². The van der Waals surface area contributed by atoms with E-state index in [1.165, 1.54) is 0 Å². The van der Waals surface area contributed by atoms with E-state index in [0.29, 0.717) is 26.3 Å². The van der Waals surface area contributed by atoms with E-state index in [9.17, 15) is 14.4 Å². The molecule has 0 aromatic heterocycles. The predicted octanol–water partition coefficient (Wildman–Crippen LogP) is 1.43. The second-order valence-corrected chi connectivity index (χ2v) is 8.27. The molecule has 3 amide bonds. The summed E-state index contributed by atoms with van der Waals surface area (Å²) in [5.41, 5.74) is 0.549. The number of hydrogen-bond acceptors (Lipinski definition) is 5. The van der Waals surface area contributed by atoms with Crippen molar-refractivity contribution in [3.63, 3.8) is 0 Å². The Labute approximate surface area is 165 Å². The molecule has 1 unspecified atom stereocenters. The van der Waals surface area contributed by atoms with Crippen LogP contribution in [0.25, 0.3) is 0 Å². The second-order valence-electron chi connectivity index (χ2n) is 5.90. The summed E-state index contributed by atoms with van der Waals surface area (Å²) in [4.78, 5) is 39.8. The highest BCUT2D eigenvalue weighted by atomic mass is 35.6. The lowest BCUT2D eigenvalue weighted by Crippen LogP contribution is -2.59. The first-order chi connectivity index (χ1) is 12.3. The number of fused-ring (bicyclic) bond motifs is 1. The highest BCUT2D eigenvalue weighted by molar-refractivity contribution is 6.68. The Hall–Kier alpha value is -1.38. The Morgan fingerprint density at radius 1 is 1.12 bits per heavy atom. The summed E-state index contributed by atoms with van der Waals surface area (Å²) in [5.74, 6) is -1.63. The van der Waals surface area contributed by atoms with Crippen molar-refractivity contribution < 1.29 is 19.1 Å². The maximum Gasteiger partial charge on any atom is 0.262 e. The molecule has 1 N–H and O–H groups in total. The molecule has 7 nitrogen and oxygen atoms in total. The van der Waals surface area contributed by atoms with Gasteiger partial charge in [0.15, 0.2) is 0 Å². The number of alkyl halides is 3. The van der Waals surface area contributed by atoms with E-state index in [1.807, 2.05) is 0 Å². The fourth-order valence-electron chi connectivity index (χ4n) is 2.94. The Kier molecular flexibility index (Phi) is 5.74. The molecule has 1 saturated heterocycles. The number of imide groups is 1. The molecule has 1 fully saturated rings. The largest absolute Gasteiger partial charge is 0.379 e. The summed E-state index contributed by atoms with van der Waals surface area (Å²) < 4.78 is 3.48. The molecule has 1 atom stereocenters. The van der Waals surface area contributed by atoms with Crippen molar-refractivity contribution in [1.29, 1.82) is 0 Å². The van der Waals surface area contributed by atoms with Crippen LogP contribution in [0.15, 0.2) is 24.3 Å². The third-order valence-electron chi connectivity index (χ3n) is 4.20. The molecule has 2 heterocycles. The zero-order valence-electron chi connectivity index (χ0n) is 13.6. The number of nitrogens with one attached hydrogen (secondary N) is 1. The molecule has 26 heavy (non-hydrogen) atoms. The zero-order valence-corrected chi connectivity index (χ0v) is 15.9. The smallest absolute Gasteiger partial charge is 0.262 e. The Morgan fingerprint density at radius 2 is 1.65 bits per heavy atom. The SMILES string of the molecule is O=C(CN1C(=O)c2ccccc2C1=O)NC(N1CCOCC1)C(Cl)(Cl)Cl. The number of ether oxygens (including phenoxy) is 1. The van der Waals surface area contributed by atoms with Gasteiger partial charge >= 0.3 is 0 Å². The molecule has 2 aliphatic rings. The van der Waals surface area contributed by atoms with Gasteiger partial charge in [-0.2, -0.15) is 0 Å². The van der Waals surface area contributed by atoms with Gasteiger partial charge in [0.25, 0.3) is 11.8 Å². The molecule has 0 radical (unpaired) electrons. The predicted molar refractivity (Wildman–Crippen MR) is 96.4 cm³/mol. The normalized spacial score (nSPS) is 19.4. The fraction of sp³-hybridized carbons (Fsp3) is 0.438. The molecule has 0 aliphatic carbocycles. The van der Waals surface area contributed by atoms with Crippen molar-refractivity contribution in [3.05, 3.63) is 35.4 Å². The number of nitrogens with zero attached hydrogens (tertiary/aromatic N) is 2. The average molecular weight is 421 g/mol. The van der Waals surface area contributed by atoms with Gasteiger partial charge in [0.05, 0.1) is 24.3 Å². The van der Waals surface area contributed by atoms with Crippen LogP contribution in [0.1, 0.15) is 20.7 Å². The van der Waals surface area contributed by atoms with Gasteiger partial charge in [-0.25, -0.2) is 0 Å². The standard InChI is InChI=1S/C16H16Cl3N3O4/c17-16(18,19)15(21-5-7-26-8-6-21)20-12(23)9-22-13(24)10-3-1-2-4-11(10)14(22)25/h1-4,15H,5-9H2,(H,20,23). The van der Waals surface area contributed by atoms with Gasteiger partial charge in [-0.3, -0.25) is 24.2 Å². The number of amides is 3. The first-order valence-corrected chi connectivity index (χ1v) is 9.05. The van der Waals surface area contributed by atoms with Gasteiger partial charge in [-0.05, 0) is 12.1 Å². The van der Waals surface area contributed by atoms with Crippen molar-refractivity contribution in [2.75, 3.05) is 32.8 Å². The van der Waals surface area contributed by atoms with Gasteiger partial charge in [-0.1, -0.05) is 46.9 Å². The van der Waals surface area contributed by atoms with Gasteiger partial charge in [0, 0.05) is 13.1 Å². The lowest BCUT2D eigenvalue weighted by atomic mass is 10.1. The quantitative estimate of drug-likeness (QED) is 0.589. The summed E-state index contributed by atoms with van der Waals surface area (Å²) in [6.07, 6.45) is -0.904. The van der Waals surface area contributed by atoms with Crippen LogP contribution in [0.3, 0.4) is 0 Å². The Balaban J connectivity index is 1.69. The third kappa shape index (κ3) is 3.97. The van der Waals surface area contributed by atoms with Gasteiger partial charge in [0.1, 0.15) is 12.7 Å². The van der Waals surface area contributed by atoms with Crippen molar-refractivity contribution in [1.82, 2.24) is 15.1 Å². The van der Waals surface area contributed by atoms with E-state index in [4.69, 9.17) is 39.5 Å². The van der Waals surface area contributed by atoms with E-state index in [1.54, 1.807) is 29.2 Å². The van der Waals surface area contributed by atoms with Crippen molar-refractivity contribution in [3.8, 4) is 0 Å². The van der Waals surface area contributed by atoms with E-state index in [2.05, 4.69) is 5.32 Å². The summed E-state index contributed by atoms with van der Waals surface area (Å²) >= 11 is 18.0. The molecule has 1 aromatic rings. The fourth-order valence-corrected chi connectivity index (χ4v) is 3.52. The molecule has 140 valence electrons. The van der Waals surface area contributed by atoms with Crippen LogP contribution in [0.5, 0.6) is 0 Å². The summed E-state index contributed by atoms with van der Waals surface area (Å²) in [6, 6.07) is 6.41. The highest BCUT2D eigenvalue weighted by Gasteiger charge is 2.41. The number of benzene rings is 1. The van der Waals surface area contributed by atoms with Crippen LogP contribution < -0.4 is 5.32 Å². The van der Waals surface area contributed by atoms with Crippen LogP contribution in [0, 0.1) is 0 Å². The monoisotopic (exact) mass is 419 g/mol. The zero-order chi connectivity index (χ0) is 18.9. The van der Waals surface area contributed by atoms with E-state index < -0.39 is 34.2 Å². The van der Waals surface area contributed by atoms with Crippen LogP contribution in [0.4, 0.5) is 0 Å². The molecule has 0 saturated carbocycles. The highest BCUT2D eigenvalue weighted by Crippen LogP contribution is 2.32. The average Bonchev–Trinajstić information content (AvgIpc) is 2.85. The van der Waals surface area contributed by atoms with Crippen LogP contribution in [0.2, 0.25) is 0 Å². The Bertz CT molecular complexity index is 697. The van der Waals surface area contributed by atoms with Gasteiger partial charge in [-0.15, -0.1) is 0 Å². The van der Waals surface area contributed by atoms with Gasteiger partial charge < -0.3 is 10.1 Å². The van der Waals surface area contributed by atoms with E-state index >= 15 is 0 Å². The molecule has 3 rings (SSSR count). The summed E-state index contributed by atoms with van der Waals surface area (Å²) in [7, 11) is 0. The number of rotatable bonds is 4. The minimum atomic E-state index is -1.78. The second kappa shape index (κ2) is 7.70. The topological polar surface area (TPSA) is 79.0 Å². The number of hydrogen-bond donors (Lipinski definition) is 1. The molecular weight excluding hydrogens is 405 g/mol. The lowest BCUT2D eigenvalue weighted by molar-refractivity contribution is -0.124. The summed E-state index contributed by atoms with van der Waals surface area (Å²) in [5, 5.41) is 2.61. The van der Waals surface area contributed by atoms with Crippen molar-refractivity contribution in [2.45, 2.75) is 9.96 Å².